The van der Waals surface area contributed by atoms with E-state index in [2.05, 4.69) is 15.5 Å². The van der Waals surface area contributed by atoms with E-state index in [0.29, 0.717) is 18.0 Å². The molecule has 1 atom stereocenters. The Labute approximate surface area is 174 Å². The van der Waals surface area contributed by atoms with Crippen LogP contribution in [0.15, 0.2) is 65.8 Å². The van der Waals surface area contributed by atoms with Gasteiger partial charge in [0, 0.05) is 13.5 Å². The molecule has 0 aliphatic heterocycles. The average Bonchev–Trinajstić information content (AvgIpc) is 3.07. The lowest BCUT2D eigenvalue weighted by Gasteiger charge is -2.16. The Balaban J connectivity index is 1.55. The number of nitrogens with zero attached hydrogens (tertiary/aromatic N) is 3. The molecule has 0 aliphatic rings. The van der Waals surface area contributed by atoms with Crippen molar-refractivity contribution >= 4 is 23.5 Å². The predicted molar refractivity (Wildman–Crippen MR) is 114 cm³/mol. The van der Waals surface area contributed by atoms with Crippen LogP contribution in [0, 0.1) is 0 Å². The molecule has 0 radical (unpaired) electrons. The smallest absolute Gasteiger partial charge is 0.231 e. The number of carbonyl (C=O) groups excluding carboxylic acids is 2. The van der Waals surface area contributed by atoms with Gasteiger partial charge in [-0.2, -0.15) is 0 Å². The second-order valence-electron chi connectivity index (χ2n) is 6.83. The van der Waals surface area contributed by atoms with E-state index in [9.17, 15) is 9.59 Å². The van der Waals surface area contributed by atoms with E-state index in [4.69, 9.17) is 0 Å². The highest BCUT2D eigenvalue weighted by molar-refractivity contribution is 7.99. The van der Waals surface area contributed by atoms with E-state index < -0.39 is 6.04 Å². The standard InChI is InChI=1S/C22H24N4O2S/c1-16(27)19(13-17-9-5-3-6-10-17)23-21(28)15-29-22-25-24-20(26(22)2)14-18-11-7-4-8-12-18/h3-12,19H,13-15H2,1-2H3,(H,23,28)/t19-/m0/s1. The van der Waals surface area contributed by atoms with Gasteiger partial charge in [0.1, 0.15) is 5.82 Å². The maximum Gasteiger partial charge on any atom is 0.231 e. The van der Waals surface area contributed by atoms with Crippen molar-refractivity contribution in [2.45, 2.75) is 31.0 Å². The maximum atomic E-state index is 12.4. The number of thioether (sulfide) groups is 1. The Hall–Kier alpha value is -2.93. The molecule has 0 aliphatic carbocycles. The quantitative estimate of drug-likeness (QED) is 0.551. The fraction of sp³-hybridized carbons (Fsp3) is 0.273. The molecule has 1 N–H and O–H groups in total. The first-order valence-corrected chi connectivity index (χ1v) is 10.4. The van der Waals surface area contributed by atoms with Crippen molar-refractivity contribution in [2.75, 3.05) is 5.75 Å². The Kier molecular flexibility index (Phi) is 7.19. The van der Waals surface area contributed by atoms with Crippen LogP contribution < -0.4 is 5.32 Å². The minimum Gasteiger partial charge on any atom is -0.345 e. The summed E-state index contributed by atoms with van der Waals surface area (Å²) >= 11 is 1.31. The molecule has 0 unspecified atom stereocenters. The van der Waals surface area contributed by atoms with Crippen molar-refractivity contribution < 1.29 is 9.59 Å². The van der Waals surface area contributed by atoms with Gasteiger partial charge in [-0.1, -0.05) is 72.4 Å². The van der Waals surface area contributed by atoms with Gasteiger partial charge in [0.25, 0.3) is 0 Å². The number of benzene rings is 2. The van der Waals surface area contributed by atoms with Crippen LogP contribution in [0.4, 0.5) is 0 Å². The number of nitrogens with one attached hydrogen (secondary N) is 1. The first kappa shape index (κ1) is 20.8. The third-order valence-electron chi connectivity index (χ3n) is 4.57. The monoisotopic (exact) mass is 408 g/mol. The SMILES string of the molecule is CC(=O)[C@H](Cc1ccccc1)NC(=O)CSc1nnc(Cc2ccccc2)n1C. The van der Waals surface area contributed by atoms with Crippen LogP contribution in [-0.2, 0) is 29.5 Å². The Morgan fingerprint density at radius 1 is 1.00 bits per heavy atom. The predicted octanol–water partition coefficient (Wildman–Crippen LogP) is 2.81. The number of aromatic nitrogens is 3. The third kappa shape index (κ3) is 6.02. The molecule has 2 aromatic carbocycles. The minimum absolute atomic E-state index is 0.0593. The van der Waals surface area contributed by atoms with Gasteiger partial charge in [0.05, 0.1) is 11.8 Å². The fourth-order valence-corrected chi connectivity index (χ4v) is 3.66. The summed E-state index contributed by atoms with van der Waals surface area (Å²) in [4.78, 5) is 24.3. The Morgan fingerprint density at radius 2 is 1.62 bits per heavy atom. The van der Waals surface area contributed by atoms with Crippen molar-refractivity contribution in [3.8, 4) is 0 Å². The highest BCUT2D eigenvalue weighted by Crippen LogP contribution is 2.17. The van der Waals surface area contributed by atoms with Crippen LogP contribution in [0.2, 0.25) is 0 Å². The van der Waals surface area contributed by atoms with Gasteiger partial charge in [-0.05, 0) is 24.5 Å². The molecule has 6 nitrogen and oxygen atoms in total. The zero-order valence-corrected chi connectivity index (χ0v) is 17.4. The second-order valence-corrected chi connectivity index (χ2v) is 7.77. The highest BCUT2D eigenvalue weighted by Gasteiger charge is 2.18. The van der Waals surface area contributed by atoms with Crippen molar-refractivity contribution in [2.24, 2.45) is 7.05 Å². The minimum atomic E-state index is -0.529. The first-order chi connectivity index (χ1) is 14.0. The van der Waals surface area contributed by atoms with Crippen molar-refractivity contribution in [1.29, 1.82) is 0 Å². The fourth-order valence-electron chi connectivity index (χ4n) is 2.92. The second kappa shape index (κ2) is 10.0. The van der Waals surface area contributed by atoms with E-state index in [1.54, 1.807) is 0 Å². The van der Waals surface area contributed by atoms with Gasteiger partial charge in [-0.25, -0.2) is 0 Å². The van der Waals surface area contributed by atoms with Crippen molar-refractivity contribution in [3.05, 3.63) is 77.6 Å². The molecule has 29 heavy (non-hydrogen) atoms. The number of hydrogen-bond acceptors (Lipinski definition) is 5. The summed E-state index contributed by atoms with van der Waals surface area (Å²) < 4.78 is 1.90. The van der Waals surface area contributed by atoms with Crippen LogP contribution in [0.25, 0.3) is 0 Å². The molecule has 150 valence electrons. The van der Waals surface area contributed by atoms with E-state index in [1.807, 2.05) is 72.3 Å². The Bertz CT molecular complexity index is 957. The molecular formula is C22H24N4O2S. The summed E-state index contributed by atoms with van der Waals surface area (Å²) in [5.41, 5.74) is 2.17. The normalized spacial score (nSPS) is 11.8. The lowest BCUT2D eigenvalue weighted by molar-refractivity contribution is -0.125. The Morgan fingerprint density at radius 3 is 2.24 bits per heavy atom. The van der Waals surface area contributed by atoms with E-state index in [0.717, 1.165) is 17.0 Å². The van der Waals surface area contributed by atoms with E-state index >= 15 is 0 Å². The zero-order valence-electron chi connectivity index (χ0n) is 16.5. The molecule has 0 spiro atoms. The number of Topliss-reactive ketones (excluding diaryl/α,β-unsaturated/α-hetero) is 1. The third-order valence-corrected chi connectivity index (χ3v) is 5.59. The summed E-state index contributed by atoms with van der Waals surface area (Å²) in [5.74, 6) is 0.759. The molecule has 0 saturated heterocycles. The van der Waals surface area contributed by atoms with Crippen LogP contribution in [0.5, 0.6) is 0 Å². The molecule has 1 amide bonds. The molecule has 7 heteroatoms. The topological polar surface area (TPSA) is 76.9 Å². The van der Waals surface area contributed by atoms with Crippen molar-refractivity contribution in [3.63, 3.8) is 0 Å². The molecule has 0 saturated carbocycles. The summed E-state index contributed by atoms with van der Waals surface area (Å²) in [6.07, 6.45) is 1.17. The summed E-state index contributed by atoms with van der Waals surface area (Å²) in [5, 5.41) is 11.9. The van der Waals surface area contributed by atoms with Gasteiger partial charge < -0.3 is 9.88 Å². The van der Waals surface area contributed by atoms with Gasteiger partial charge in [-0.15, -0.1) is 10.2 Å². The van der Waals surface area contributed by atoms with Crippen molar-refractivity contribution in [1.82, 2.24) is 20.1 Å². The van der Waals surface area contributed by atoms with Gasteiger partial charge in [-0.3, -0.25) is 9.59 Å². The van der Waals surface area contributed by atoms with Crippen LogP contribution in [-0.4, -0.2) is 38.2 Å². The largest absolute Gasteiger partial charge is 0.345 e. The van der Waals surface area contributed by atoms with E-state index in [1.165, 1.54) is 18.7 Å². The molecule has 3 aromatic rings. The zero-order chi connectivity index (χ0) is 20.6. The molecule has 0 bridgehead atoms. The molecule has 1 aromatic heterocycles. The first-order valence-electron chi connectivity index (χ1n) is 9.41. The number of hydrogen-bond donors (Lipinski definition) is 1. The van der Waals surface area contributed by atoms with Gasteiger partial charge in [0.2, 0.25) is 5.91 Å². The molecule has 0 fully saturated rings. The number of amides is 1. The maximum absolute atomic E-state index is 12.4. The summed E-state index contributed by atoms with van der Waals surface area (Å²) in [6, 6.07) is 19.2. The summed E-state index contributed by atoms with van der Waals surface area (Å²) in [6.45, 7) is 1.50. The molecule has 1 heterocycles. The van der Waals surface area contributed by atoms with Gasteiger partial charge >= 0.3 is 0 Å². The number of carbonyl (C=O) groups is 2. The lowest BCUT2D eigenvalue weighted by Crippen LogP contribution is -2.42. The summed E-state index contributed by atoms with van der Waals surface area (Å²) in [7, 11) is 1.90. The lowest BCUT2D eigenvalue weighted by atomic mass is 10.0. The van der Waals surface area contributed by atoms with Crippen LogP contribution in [0.1, 0.15) is 23.9 Å². The average molecular weight is 409 g/mol. The van der Waals surface area contributed by atoms with Gasteiger partial charge in [0.15, 0.2) is 10.9 Å². The number of ketones is 1. The van der Waals surface area contributed by atoms with Crippen LogP contribution in [0.3, 0.4) is 0 Å². The molecule has 3 rings (SSSR count). The number of rotatable bonds is 9. The van der Waals surface area contributed by atoms with E-state index in [-0.39, 0.29) is 17.4 Å². The highest BCUT2D eigenvalue weighted by atomic mass is 32.2. The van der Waals surface area contributed by atoms with Crippen LogP contribution >= 0.6 is 11.8 Å². The molecular weight excluding hydrogens is 384 g/mol.